The second-order valence-electron chi connectivity index (χ2n) is 6.96. The first-order chi connectivity index (χ1) is 12.3. The van der Waals surface area contributed by atoms with Gasteiger partial charge in [0.15, 0.2) is 0 Å². The van der Waals surface area contributed by atoms with Crippen LogP contribution in [0.25, 0.3) is 0 Å². The fourth-order valence-electron chi connectivity index (χ4n) is 2.94. The molecule has 0 amide bonds. The third-order valence-corrected chi connectivity index (χ3v) is 4.59. The first-order valence-electron chi connectivity index (χ1n) is 9.26. The second-order valence-corrected chi connectivity index (χ2v) is 7.18. The Bertz CT molecular complexity index is 459. The second kappa shape index (κ2) is 14.1. The Morgan fingerprint density at radius 3 is 2.31 bits per heavy atom. The van der Waals surface area contributed by atoms with Gasteiger partial charge in [0.25, 0.3) is 0 Å². The molecule has 0 aromatic carbocycles. The Kier molecular flexibility index (Phi) is 13.5. The lowest BCUT2D eigenvalue weighted by atomic mass is 9.92. The Labute approximate surface area is 165 Å². The van der Waals surface area contributed by atoms with Gasteiger partial charge in [0.05, 0.1) is 0 Å². The predicted octanol–water partition coefficient (Wildman–Crippen LogP) is 5.31. The van der Waals surface area contributed by atoms with Gasteiger partial charge in [0.1, 0.15) is 18.3 Å². The summed E-state index contributed by atoms with van der Waals surface area (Å²) < 4.78 is 16.4. The van der Waals surface area contributed by atoms with Crippen molar-refractivity contribution in [1.82, 2.24) is 0 Å². The Balaban J connectivity index is 5.00. The van der Waals surface area contributed by atoms with Crippen molar-refractivity contribution in [3.63, 3.8) is 0 Å². The van der Waals surface area contributed by atoms with Gasteiger partial charge < -0.3 is 13.7 Å². The van der Waals surface area contributed by atoms with Crippen LogP contribution in [0.5, 0.6) is 0 Å². The van der Waals surface area contributed by atoms with E-state index in [0.717, 1.165) is 24.8 Å². The van der Waals surface area contributed by atoms with Crippen molar-refractivity contribution < 1.29 is 18.5 Å². The Morgan fingerprint density at radius 2 is 1.85 bits per heavy atom. The fourth-order valence-corrected chi connectivity index (χ4v) is 3.25. The maximum atomic E-state index is 12.2. The van der Waals surface area contributed by atoms with Crippen LogP contribution in [0.1, 0.15) is 53.4 Å². The van der Waals surface area contributed by atoms with Gasteiger partial charge in [-0.2, -0.15) is 0 Å². The van der Waals surface area contributed by atoms with E-state index in [9.17, 15) is 4.79 Å². The Hall–Kier alpha value is -1.04. The molecule has 0 bridgehead atoms. The molecule has 0 aliphatic rings. The zero-order chi connectivity index (χ0) is 20.1. The van der Waals surface area contributed by atoms with Crippen molar-refractivity contribution >= 4 is 18.9 Å². The molecule has 0 aliphatic carbocycles. The minimum atomic E-state index is -0.279. The lowest BCUT2D eigenvalue weighted by molar-refractivity contribution is -0.149. The molecule has 0 saturated carbocycles. The molecule has 0 aromatic heterocycles. The third-order valence-electron chi connectivity index (χ3n) is 4.35. The van der Waals surface area contributed by atoms with Gasteiger partial charge in [-0.25, -0.2) is 0 Å². The van der Waals surface area contributed by atoms with Crippen molar-refractivity contribution in [2.75, 3.05) is 7.11 Å². The van der Waals surface area contributed by atoms with Crippen molar-refractivity contribution in [1.29, 1.82) is 0 Å². The summed E-state index contributed by atoms with van der Waals surface area (Å²) in [6, 6.07) is 0. The van der Waals surface area contributed by atoms with Crippen LogP contribution in [0, 0.1) is 11.8 Å². The molecule has 0 fully saturated rings. The number of allylic oxidation sites excluding steroid dienone is 1. The zero-order valence-corrected chi connectivity index (χ0v) is 17.8. The van der Waals surface area contributed by atoms with Gasteiger partial charge in [0, 0.05) is 19.4 Å². The van der Waals surface area contributed by atoms with Gasteiger partial charge in [0.2, 0.25) is 0 Å². The third kappa shape index (κ3) is 9.06. The van der Waals surface area contributed by atoms with E-state index in [4.69, 9.17) is 13.7 Å². The summed E-state index contributed by atoms with van der Waals surface area (Å²) in [5.74, 6) is 0.0441. The van der Waals surface area contributed by atoms with Gasteiger partial charge in [-0.3, -0.25) is 4.79 Å². The highest BCUT2D eigenvalue weighted by Gasteiger charge is 2.26. The predicted molar refractivity (Wildman–Crippen MR) is 111 cm³/mol. The van der Waals surface area contributed by atoms with Crippen molar-refractivity contribution in [3.8, 4) is 0 Å². The highest BCUT2D eigenvalue weighted by molar-refractivity contribution is 7.75. The maximum absolute atomic E-state index is 12.2. The van der Waals surface area contributed by atoms with E-state index in [0.29, 0.717) is 6.42 Å². The average molecular weight is 385 g/mol. The van der Waals surface area contributed by atoms with Crippen LogP contribution in [0.15, 0.2) is 37.0 Å². The summed E-state index contributed by atoms with van der Waals surface area (Å²) in [4.78, 5) is 12.2. The molecular formula is C21H36O4S. The topological polar surface area (TPSA) is 44.8 Å². The van der Waals surface area contributed by atoms with Crippen LogP contribution in [-0.2, 0) is 18.5 Å². The zero-order valence-electron chi connectivity index (χ0n) is 16.9. The number of ether oxygens (including phenoxy) is 2. The highest BCUT2D eigenvalue weighted by Crippen LogP contribution is 2.23. The number of rotatable bonds is 14. The molecular weight excluding hydrogens is 348 g/mol. The van der Waals surface area contributed by atoms with Gasteiger partial charge in [-0.1, -0.05) is 39.0 Å². The number of carbonyl (C=O) groups excluding carboxylic acids is 1. The van der Waals surface area contributed by atoms with E-state index in [1.807, 2.05) is 33.8 Å². The van der Waals surface area contributed by atoms with E-state index < -0.39 is 0 Å². The summed E-state index contributed by atoms with van der Waals surface area (Å²) in [7, 11) is 1.61. The number of carbonyl (C=O) groups is 1. The molecule has 0 heterocycles. The molecule has 0 N–H and O–H groups in total. The summed E-state index contributed by atoms with van der Waals surface area (Å²) in [5.41, 5.74) is 1.00. The van der Waals surface area contributed by atoms with Gasteiger partial charge >= 0.3 is 5.97 Å². The molecule has 150 valence electrons. The molecule has 4 nitrogen and oxygen atoms in total. The SMILES string of the molecule is C=CCCCCC(=O)OC(/C(C)=C\[C@@H](C)[C@H](OS)C(C=C)OC)C(C)C. The summed E-state index contributed by atoms with van der Waals surface area (Å²) in [6.45, 7) is 15.6. The van der Waals surface area contributed by atoms with Crippen molar-refractivity contribution in [2.24, 2.45) is 11.8 Å². The van der Waals surface area contributed by atoms with Gasteiger partial charge in [-0.05, 0) is 50.6 Å². The van der Waals surface area contributed by atoms with Crippen LogP contribution >= 0.6 is 12.9 Å². The smallest absolute Gasteiger partial charge is 0.306 e. The van der Waals surface area contributed by atoms with E-state index in [1.165, 1.54) is 0 Å². The molecule has 2 unspecified atom stereocenters. The highest BCUT2D eigenvalue weighted by atomic mass is 32.1. The molecule has 0 aliphatic heterocycles. The summed E-state index contributed by atoms with van der Waals surface area (Å²) in [6.07, 6.45) is 7.96. The van der Waals surface area contributed by atoms with E-state index in [1.54, 1.807) is 13.2 Å². The first-order valence-corrected chi connectivity index (χ1v) is 9.63. The van der Waals surface area contributed by atoms with Crippen LogP contribution in [-0.4, -0.2) is 31.4 Å². The number of unbranched alkanes of at least 4 members (excludes halogenated alkanes) is 2. The number of esters is 1. The molecule has 5 heteroatoms. The molecule has 0 radical (unpaired) electrons. The lowest BCUT2D eigenvalue weighted by Crippen LogP contribution is -2.33. The number of hydrogen-bond acceptors (Lipinski definition) is 5. The van der Waals surface area contributed by atoms with Crippen molar-refractivity contribution in [2.45, 2.75) is 71.7 Å². The molecule has 26 heavy (non-hydrogen) atoms. The number of thiol groups is 1. The monoisotopic (exact) mass is 384 g/mol. The normalized spacial score (nSPS) is 16.7. The lowest BCUT2D eigenvalue weighted by Gasteiger charge is -2.27. The number of methoxy groups -OCH3 is 1. The standard InChI is InChI=1S/C21H36O4S/c1-8-10-11-12-13-19(22)24-20(15(3)4)16(5)14-17(6)21(25-26)18(9-2)23-7/h8-9,14-15,17-18,20-21,26H,1-2,10-13H2,3-7H3/b16-14-/t17-,18?,20?,21+/m1/s1. The van der Waals surface area contributed by atoms with Crippen molar-refractivity contribution in [3.05, 3.63) is 37.0 Å². The first kappa shape index (κ1) is 25.0. The van der Waals surface area contributed by atoms with Crippen LogP contribution in [0.4, 0.5) is 0 Å². The molecule has 0 spiro atoms. The van der Waals surface area contributed by atoms with Crippen LogP contribution in [0.2, 0.25) is 0 Å². The average Bonchev–Trinajstić information content (AvgIpc) is 2.60. The van der Waals surface area contributed by atoms with E-state index in [-0.39, 0.29) is 36.1 Å². The van der Waals surface area contributed by atoms with Gasteiger partial charge in [-0.15, -0.1) is 13.2 Å². The Morgan fingerprint density at radius 1 is 1.19 bits per heavy atom. The molecule has 0 aromatic rings. The van der Waals surface area contributed by atoms with Crippen LogP contribution < -0.4 is 0 Å². The van der Waals surface area contributed by atoms with E-state index in [2.05, 4.69) is 32.1 Å². The largest absolute Gasteiger partial charge is 0.458 e. The quantitative estimate of drug-likeness (QED) is 0.145. The van der Waals surface area contributed by atoms with E-state index >= 15 is 0 Å². The number of hydrogen-bond donors (Lipinski definition) is 1. The summed E-state index contributed by atoms with van der Waals surface area (Å²) in [5, 5.41) is 0. The molecule has 0 rings (SSSR count). The molecule has 0 saturated heterocycles. The fraction of sp³-hybridized carbons (Fsp3) is 0.667. The minimum absolute atomic E-state index is 0.0167. The minimum Gasteiger partial charge on any atom is -0.458 e. The molecule has 4 atom stereocenters. The van der Waals surface area contributed by atoms with Crippen LogP contribution in [0.3, 0.4) is 0 Å². The maximum Gasteiger partial charge on any atom is 0.306 e. The summed E-state index contributed by atoms with van der Waals surface area (Å²) >= 11 is 3.98.